The van der Waals surface area contributed by atoms with E-state index in [1.807, 2.05) is 0 Å². The van der Waals surface area contributed by atoms with Crippen LogP contribution in [0, 0.1) is 0 Å². The molecule has 0 fully saturated rings. The number of halogens is 3. The maximum Gasteiger partial charge on any atom is 0.433 e. The largest absolute Gasteiger partial charge is 0.478 e. The molecule has 0 aromatic carbocycles. The van der Waals surface area contributed by atoms with Gasteiger partial charge in [0.1, 0.15) is 11.4 Å². The normalized spacial score (nSPS) is 11.3. The van der Waals surface area contributed by atoms with Gasteiger partial charge in [-0.05, 0) is 24.3 Å². The summed E-state index contributed by atoms with van der Waals surface area (Å²) in [6, 6.07) is 6.01. The van der Waals surface area contributed by atoms with Crippen molar-refractivity contribution in [1.82, 2.24) is 9.97 Å². The van der Waals surface area contributed by atoms with E-state index in [0.29, 0.717) is 6.07 Å². The first-order valence-corrected chi connectivity index (χ1v) is 5.12. The Morgan fingerprint density at radius 1 is 1.16 bits per heavy atom. The van der Waals surface area contributed by atoms with Crippen LogP contribution >= 0.6 is 0 Å². The number of carboxylic acids is 1. The van der Waals surface area contributed by atoms with E-state index in [1.54, 1.807) is 6.07 Å². The molecule has 0 amide bonds. The molecule has 2 heterocycles. The summed E-state index contributed by atoms with van der Waals surface area (Å²) in [5.74, 6) is -1.36. The third-order valence-corrected chi connectivity index (χ3v) is 2.32. The molecule has 0 unspecified atom stereocenters. The summed E-state index contributed by atoms with van der Waals surface area (Å²) < 4.78 is 37.8. The van der Waals surface area contributed by atoms with Crippen LogP contribution in [0.2, 0.25) is 0 Å². The van der Waals surface area contributed by atoms with Crippen LogP contribution in [-0.4, -0.2) is 21.0 Å². The average Bonchev–Trinajstić information content (AvgIpc) is 2.38. The first-order chi connectivity index (χ1) is 8.89. The van der Waals surface area contributed by atoms with Gasteiger partial charge in [0, 0.05) is 6.20 Å². The van der Waals surface area contributed by atoms with Crippen molar-refractivity contribution in [3.8, 4) is 11.4 Å². The van der Waals surface area contributed by atoms with Crippen molar-refractivity contribution in [3.63, 3.8) is 0 Å². The lowest BCUT2D eigenvalue weighted by atomic mass is 10.1. The van der Waals surface area contributed by atoms with Gasteiger partial charge < -0.3 is 5.11 Å². The Kier molecular flexibility index (Phi) is 3.20. The summed E-state index contributed by atoms with van der Waals surface area (Å²) >= 11 is 0. The maximum absolute atomic E-state index is 12.6. The zero-order valence-corrected chi connectivity index (χ0v) is 9.35. The van der Waals surface area contributed by atoms with Gasteiger partial charge in [-0.2, -0.15) is 13.2 Å². The van der Waals surface area contributed by atoms with E-state index in [1.165, 1.54) is 18.3 Å². The number of nitrogens with zero attached hydrogens (tertiary/aromatic N) is 2. The van der Waals surface area contributed by atoms with Crippen LogP contribution in [0.1, 0.15) is 16.1 Å². The molecule has 0 saturated carbocycles. The second kappa shape index (κ2) is 4.68. The predicted octanol–water partition coefficient (Wildman–Crippen LogP) is 2.86. The van der Waals surface area contributed by atoms with Crippen molar-refractivity contribution >= 4 is 5.97 Å². The van der Waals surface area contributed by atoms with E-state index >= 15 is 0 Å². The highest BCUT2D eigenvalue weighted by Crippen LogP contribution is 2.30. The van der Waals surface area contributed by atoms with Gasteiger partial charge in [-0.1, -0.05) is 6.07 Å². The van der Waals surface area contributed by atoms with Gasteiger partial charge in [0.05, 0.1) is 11.3 Å². The second-order valence-electron chi connectivity index (χ2n) is 3.61. The predicted molar refractivity (Wildman–Crippen MR) is 59.4 cm³/mol. The highest BCUT2D eigenvalue weighted by Gasteiger charge is 2.33. The van der Waals surface area contributed by atoms with E-state index in [9.17, 15) is 18.0 Å². The standard InChI is InChI=1S/C12H7F3N2O2/c13-12(14,15)9-5-4-7(11(18)19)10(17-9)8-3-1-2-6-16-8/h1-6H,(H,18,19). The molecule has 98 valence electrons. The van der Waals surface area contributed by atoms with Gasteiger partial charge >= 0.3 is 12.1 Å². The first kappa shape index (κ1) is 13.0. The molecule has 1 N–H and O–H groups in total. The number of aromatic carboxylic acids is 1. The van der Waals surface area contributed by atoms with Crippen LogP contribution in [-0.2, 0) is 6.18 Å². The Morgan fingerprint density at radius 2 is 1.89 bits per heavy atom. The van der Waals surface area contributed by atoms with Crippen molar-refractivity contribution in [2.45, 2.75) is 6.18 Å². The Bertz CT molecular complexity index is 612. The van der Waals surface area contributed by atoms with Crippen molar-refractivity contribution in [1.29, 1.82) is 0 Å². The number of aromatic nitrogens is 2. The van der Waals surface area contributed by atoms with E-state index < -0.39 is 17.8 Å². The Hall–Kier alpha value is -2.44. The maximum atomic E-state index is 12.6. The van der Waals surface area contributed by atoms with Gasteiger partial charge in [-0.25, -0.2) is 9.78 Å². The van der Waals surface area contributed by atoms with E-state index in [-0.39, 0.29) is 17.0 Å². The third-order valence-electron chi connectivity index (χ3n) is 2.32. The van der Waals surface area contributed by atoms with Crippen LogP contribution < -0.4 is 0 Å². The zero-order chi connectivity index (χ0) is 14.0. The molecule has 0 bridgehead atoms. The molecule has 0 aliphatic heterocycles. The fraction of sp³-hybridized carbons (Fsp3) is 0.0833. The minimum absolute atomic E-state index is 0.0750. The summed E-state index contributed by atoms with van der Waals surface area (Å²) in [7, 11) is 0. The van der Waals surface area contributed by atoms with Crippen LogP contribution in [0.15, 0.2) is 36.5 Å². The fourth-order valence-corrected chi connectivity index (χ4v) is 1.49. The molecule has 19 heavy (non-hydrogen) atoms. The van der Waals surface area contributed by atoms with Crippen LogP contribution in [0.5, 0.6) is 0 Å². The summed E-state index contributed by atoms with van der Waals surface area (Å²) in [5.41, 5.74) is -1.71. The summed E-state index contributed by atoms with van der Waals surface area (Å²) in [6.45, 7) is 0. The summed E-state index contributed by atoms with van der Waals surface area (Å²) in [6.07, 6.45) is -3.29. The van der Waals surface area contributed by atoms with Crippen molar-refractivity contribution < 1.29 is 23.1 Å². The van der Waals surface area contributed by atoms with E-state index in [4.69, 9.17) is 5.11 Å². The van der Waals surface area contributed by atoms with Crippen molar-refractivity contribution in [3.05, 3.63) is 47.8 Å². The third kappa shape index (κ3) is 2.70. The minimum atomic E-state index is -4.64. The lowest BCUT2D eigenvalue weighted by Crippen LogP contribution is -2.11. The van der Waals surface area contributed by atoms with Crippen molar-refractivity contribution in [2.24, 2.45) is 0 Å². The molecule has 0 aliphatic carbocycles. The number of alkyl halides is 3. The molecule has 0 spiro atoms. The average molecular weight is 268 g/mol. The highest BCUT2D eigenvalue weighted by atomic mass is 19.4. The number of rotatable bonds is 2. The number of carbonyl (C=O) groups is 1. The van der Waals surface area contributed by atoms with Crippen molar-refractivity contribution in [2.75, 3.05) is 0 Å². The Balaban J connectivity index is 2.65. The van der Waals surface area contributed by atoms with Crippen LogP contribution in [0.4, 0.5) is 13.2 Å². The topological polar surface area (TPSA) is 63.1 Å². The molecule has 0 radical (unpaired) electrons. The van der Waals surface area contributed by atoms with Gasteiger partial charge in [0.25, 0.3) is 0 Å². The molecule has 7 heteroatoms. The number of carboxylic acid groups (broad SMARTS) is 1. The molecule has 0 saturated heterocycles. The lowest BCUT2D eigenvalue weighted by Gasteiger charge is -2.09. The van der Waals surface area contributed by atoms with Gasteiger partial charge in [-0.3, -0.25) is 4.98 Å². The smallest absolute Gasteiger partial charge is 0.433 e. The quantitative estimate of drug-likeness (QED) is 0.909. The fourth-order valence-electron chi connectivity index (χ4n) is 1.49. The Morgan fingerprint density at radius 3 is 2.42 bits per heavy atom. The molecular weight excluding hydrogens is 261 g/mol. The van der Waals surface area contributed by atoms with E-state index in [0.717, 1.165) is 6.07 Å². The minimum Gasteiger partial charge on any atom is -0.478 e. The zero-order valence-electron chi connectivity index (χ0n) is 9.35. The highest BCUT2D eigenvalue weighted by molar-refractivity contribution is 5.94. The number of pyridine rings is 2. The lowest BCUT2D eigenvalue weighted by molar-refractivity contribution is -0.141. The molecule has 0 aliphatic rings. The van der Waals surface area contributed by atoms with Gasteiger partial charge in [-0.15, -0.1) is 0 Å². The van der Waals surface area contributed by atoms with E-state index in [2.05, 4.69) is 9.97 Å². The Labute approximate surface area is 105 Å². The molecule has 0 atom stereocenters. The van der Waals surface area contributed by atoms with Crippen LogP contribution in [0.3, 0.4) is 0 Å². The number of hydrogen-bond acceptors (Lipinski definition) is 3. The second-order valence-corrected chi connectivity index (χ2v) is 3.61. The molecule has 2 aromatic rings. The summed E-state index contributed by atoms with van der Waals surface area (Å²) in [5, 5.41) is 8.97. The first-order valence-electron chi connectivity index (χ1n) is 5.12. The van der Waals surface area contributed by atoms with Gasteiger partial charge in [0.15, 0.2) is 0 Å². The number of hydrogen-bond donors (Lipinski definition) is 1. The molecule has 4 nitrogen and oxygen atoms in total. The summed E-state index contributed by atoms with van der Waals surface area (Å²) in [4.78, 5) is 18.2. The van der Waals surface area contributed by atoms with Crippen LogP contribution in [0.25, 0.3) is 11.4 Å². The SMILES string of the molecule is O=C(O)c1ccc(C(F)(F)F)nc1-c1ccccn1. The molecular formula is C12H7F3N2O2. The molecule has 2 aromatic heterocycles. The van der Waals surface area contributed by atoms with Gasteiger partial charge in [0.2, 0.25) is 0 Å². The monoisotopic (exact) mass is 268 g/mol. The molecule has 2 rings (SSSR count).